The summed E-state index contributed by atoms with van der Waals surface area (Å²) >= 11 is 0. The van der Waals surface area contributed by atoms with Gasteiger partial charge in [0.15, 0.2) is 0 Å². The van der Waals surface area contributed by atoms with E-state index in [9.17, 15) is 0 Å². The summed E-state index contributed by atoms with van der Waals surface area (Å²) in [5.74, 6) is 2.16. The van der Waals surface area contributed by atoms with E-state index in [0.29, 0.717) is 0 Å². The molecule has 0 aromatic rings. The van der Waals surface area contributed by atoms with E-state index < -0.39 is 0 Å². The van der Waals surface area contributed by atoms with Crippen LogP contribution >= 0.6 is 0 Å². The standard InChI is InChI=1S/2C7H10.C6H12/c2*1-2-7-4-3-6(1)5-7;1-3-5-6-4-2/h2*1,7H,2-5H2;3H,1,4-6H2,2H3. The van der Waals surface area contributed by atoms with E-state index in [1.165, 1.54) is 70.6 Å². The molecule has 0 radical (unpaired) electrons. The highest BCUT2D eigenvalue weighted by Gasteiger charge is 2.23. The van der Waals surface area contributed by atoms with Crippen LogP contribution in [-0.2, 0) is 0 Å². The van der Waals surface area contributed by atoms with Gasteiger partial charge in [-0.15, -0.1) is 6.58 Å². The zero-order chi connectivity index (χ0) is 14.2. The Hall–Kier alpha value is -0.780. The molecule has 0 aromatic carbocycles. The van der Waals surface area contributed by atoms with Gasteiger partial charge >= 0.3 is 0 Å². The van der Waals surface area contributed by atoms with E-state index in [0.717, 1.165) is 11.8 Å². The number of hydrogen-bond acceptors (Lipinski definition) is 0. The quantitative estimate of drug-likeness (QED) is 0.401. The van der Waals surface area contributed by atoms with Crippen molar-refractivity contribution >= 4 is 0 Å². The Morgan fingerprint density at radius 1 is 1.05 bits per heavy atom. The lowest BCUT2D eigenvalue weighted by atomic mass is 10.1. The third kappa shape index (κ3) is 4.96. The Bertz CT molecular complexity index is 328. The number of hydrogen-bond donors (Lipinski definition) is 0. The van der Waals surface area contributed by atoms with Crippen molar-refractivity contribution in [1.29, 1.82) is 0 Å². The van der Waals surface area contributed by atoms with Crippen LogP contribution in [-0.4, -0.2) is 0 Å². The predicted molar refractivity (Wildman–Crippen MR) is 89.8 cm³/mol. The zero-order valence-electron chi connectivity index (χ0n) is 13.4. The van der Waals surface area contributed by atoms with Gasteiger partial charge in [0.05, 0.1) is 0 Å². The van der Waals surface area contributed by atoms with E-state index in [-0.39, 0.29) is 0 Å². The second-order valence-electron chi connectivity index (χ2n) is 6.84. The molecule has 0 spiro atoms. The van der Waals surface area contributed by atoms with Crippen molar-refractivity contribution in [2.45, 2.75) is 77.6 Å². The van der Waals surface area contributed by atoms with Gasteiger partial charge in [-0.1, -0.05) is 49.1 Å². The Morgan fingerprint density at radius 2 is 1.60 bits per heavy atom. The molecule has 0 heteroatoms. The summed E-state index contributed by atoms with van der Waals surface area (Å²) in [5.41, 5.74) is 3.48. The summed E-state index contributed by atoms with van der Waals surface area (Å²) in [4.78, 5) is 0. The van der Waals surface area contributed by atoms with Crippen LogP contribution in [0.25, 0.3) is 0 Å². The molecule has 2 saturated carbocycles. The topological polar surface area (TPSA) is 0 Å². The first-order valence-corrected chi connectivity index (χ1v) is 8.78. The Balaban J connectivity index is 0.000000111. The van der Waals surface area contributed by atoms with Crippen molar-refractivity contribution in [3.05, 3.63) is 36.0 Å². The molecule has 2 atom stereocenters. The van der Waals surface area contributed by atoms with Crippen LogP contribution in [0, 0.1) is 11.8 Å². The summed E-state index contributed by atoms with van der Waals surface area (Å²) in [7, 11) is 0. The highest BCUT2D eigenvalue weighted by molar-refractivity contribution is 5.15. The number of fused-ring (bicyclic) bond motifs is 4. The lowest BCUT2D eigenvalue weighted by Crippen LogP contribution is -1.85. The maximum atomic E-state index is 3.60. The second-order valence-corrected chi connectivity index (χ2v) is 6.84. The molecule has 4 bridgehead atoms. The van der Waals surface area contributed by atoms with Gasteiger partial charge in [0.25, 0.3) is 0 Å². The fourth-order valence-electron chi connectivity index (χ4n) is 3.72. The van der Waals surface area contributed by atoms with E-state index in [1.807, 2.05) is 6.08 Å². The number of rotatable bonds is 3. The minimum Gasteiger partial charge on any atom is -0.103 e. The van der Waals surface area contributed by atoms with Crippen LogP contribution in [0.3, 0.4) is 0 Å². The minimum atomic E-state index is 1.08. The molecule has 0 nitrogen and oxygen atoms in total. The highest BCUT2D eigenvalue weighted by Crippen LogP contribution is 2.39. The molecular weight excluding hydrogens is 240 g/mol. The Kier molecular flexibility index (Phi) is 6.63. The largest absolute Gasteiger partial charge is 0.103 e. The molecule has 0 aromatic heterocycles. The van der Waals surface area contributed by atoms with Crippen LogP contribution < -0.4 is 0 Å². The fraction of sp³-hybridized carbons (Fsp3) is 0.700. The maximum Gasteiger partial charge on any atom is -0.0289 e. The Labute approximate surface area is 126 Å². The third-order valence-electron chi connectivity index (χ3n) is 5.09. The van der Waals surface area contributed by atoms with E-state index in [1.54, 1.807) is 11.1 Å². The molecule has 0 saturated heterocycles. The van der Waals surface area contributed by atoms with Crippen LogP contribution in [0.5, 0.6) is 0 Å². The van der Waals surface area contributed by atoms with Gasteiger partial charge in [-0.2, -0.15) is 0 Å². The molecule has 4 aliphatic carbocycles. The van der Waals surface area contributed by atoms with E-state index in [2.05, 4.69) is 25.7 Å². The molecule has 4 rings (SSSR count). The molecule has 2 fully saturated rings. The molecule has 0 aliphatic heterocycles. The van der Waals surface area contributed by atoms with Crippen molar-refractivity contribution in [2.24, 2.45) is 11.8 Å². The van der Waals surface area contributed by atoms with Crippen LogP contribution in [0.2, 0.25) is 0 Å². The van der Waals surface area contributed by atoms with Crippen molar-refractivity contribution in [3.63, 3.8) is 0 Å². The van der Waals surface area contributed by atoms with Gasteiger partial charge in [-0.3, -0.25) is 0 Å². The molecule has 0 amide bonds. The lowest BCUT2D eigenvalue weighted by Gasteiger charge is -1.98. The molecule has 0 heterocycles. The Morgan fingerprint density at radius 3 is 1.70 bits per heavy atom. The van der Waals surface area contributed by atoms with Gasteiger partial charge in [0.1, 0.15) is 0 Å². The highest BCUT2D eigenvalue weighted by atomic mass is 14.3. The summed E-state index contributed by atoms with van der Waals surface area (Å²) in [6, 6.07) is 0. The first-order valence-electron chi connectivity index (χ1n) is 8.78. The van der Waals surface area contributed by atoms with Crippen LogP contribution in [0.4, 0.5) is 0 Å². The monoisotopic (exact) mass is 272 g/mol. The van der Waals surface area contributed by atoms with Crippen LogP contribution in [0.1, 0.15) is 77.6 Å². The second kappa shape index (κ2) is 8.49. The number of unbranched alkanes of at least 4 members (excludes halogenated alkanes) is 2. The van der Waals surface area contributed by atoms with Gasteiger partial charge in [-0.05, 0) is 69.6 Å². The van der Waals surface area contributed by atoms with Gasteiger partial charge in [0.2, 0.25) is 0 Å². The van der Waals surface area contributed by atoms with Crippen molar-refractivity contribution in [3.8, 4) is 0 Å². The minimum absolute atomic E-state index is 1.08. The van der Waals surface area contributed by atoms with Crippen molar-refractivity contribution in [1.82, 2.24) is 0 Å². The summed E-state index contributed by atoms with van der Waals surface area (Å²) in [5, 5.41) is 0. The van der Waals surface area contributed by atoms with Crippen molar-refractivity contribution < 1.29 is 0 Å². The first kappa shape index (κ1) is 15.6. The molecule has 2 unspecified atom stereocenters. The fourth-order valence-corrected chi connectivity index (χ4v) is 3.72. The molecule has 0 N–H and O–H groups in total. The zero-order valence-corrected chi connectivity index (χ0v) is 13.4. The van der Waals surface area contributed by atoms with E-state index >= 15 is 0 Å². The summed E-state index contributed by atoms with van der Waals surface area (Å²) < 4.78 is 0. The first-order chi connectivity index (χ1) is 9.81. The molecule has 4 aliphatic rings. The molecule has 112 valence electrons. The average Bonchev–Trinajstić information content (AvgIpc) is 3.28. The lowest BCUT2D eigenvalue weighted by molar-refractivity contribution is 0.576. The summed E-state index contributed by atoms with van der Waals surface area (Å²) in [6.07, 6.45) is 22.1. The van der Waals surface area contributed by atoms with Gasteiger partial charge < -0.3 is 0 Å². The van der Waals surface area contributed by atoms with Gasteiger partial charge in [-0.25, -0.2) is 0 Å². The third-order valence-corrected chi connectivity index (χ3v) is 5.09. The number of allylic oxidation sites excluding steroid dienone is 5. The molecular formula is C20H32. The normalized spacial score (nSPS) is 28.1. The van der Waals surface area contributed by atoms with E-state index in [4.69, 9.17) is 0 Å². The van der Waals surface area contributed by atoms with Crippen molar-refractivity contribution in [2.75, 3.05) is 0 Å². The predicted octanol–water partition coefficient (Wildman–Crippen LogP) is 6.60. The average molecular weight is 272 g/mol. The van der Waals surface area contributed by atoms with Gasteiger partial charge in [0, 0.05) is 0 Å². The molecule has 20 heavy (non-hydrogen) atoms. The van der Waals surface area contributed by atoms with Crippen LogP contribution in [0.15, 0.2) is 36.0 Å². The smallest absolute Gasteiger partial charge is 0.0289 e. The maximum absolute atomic E-state index is 3.60. The summed E-state index contributed by atoms with van der Waals surface area (Å²) in [6.45, 7) is 5.78. The SMILES string of the molecule is C1=C2CCC(C1)C2.C1=C2CCC(C1)C2.C=CCCCC.